The van der Waals surface area contributed by atoms with Gasteiger partial charge in [-0.25, -0.2) is 15.0 Å². The van der Waals surface area contributed by atoms with Gasteiger partial charge in [-0.3, -0.25) is 4.79 Å². The summed E-state index contributed by atoms with van der Waals surface area (Å²) in [5.74, 6) is 2.14. The van der Waals surface area contributed by atoms with Crippen molar-refractivity contribution in [1.82, 2.24) is 35.7 Å². The number of nitrogens with one attached hydrogen (secondary N) is 3. The van der Waals surface area contributed by atoms with Crippen LogP contribution < -0.4 is 20.9 Å². The molecule has 0 radical (unpaired) electrons. The molecule has 11 heteroatoms. The Morgan fingerprint density at radius 2 is 1.76 bits per heavy atom. The molecular weight excluding hydrogens is 530 g/mol. The molecule has 1 amide bonds. The summed E-state index contributed by atoms with van der Waals surface area (Å²) in [6.07, 6.45) is 12.4. The molecule has 0 bridgehead atoms. The lowest BCUT2D eigenvalue weighted by Gasteiger charge is -2.40. The molecule has 1 aliphatic carbocycles. The second-order valence-corrected chi connectivity index (χ2v) is 11.1. The fourth-order valence-electron chi connectivity index (χ4n) is 6.01. The van der Waals surface area contributed by atoms with Gasteiger partial charge in [0.25, 0.3) is 5.91 Å². The number of benzene rings is 1. The molecule has 0 spiro atoms. The van der Waals surface area contributed by atoms with Crippen molar-refractivity contribution < 1.29 is 9.32 Å². The van der Waals surface area contributed by atoms with Crippen LogP contribution >= 0.6 is 0 Å². The average molecular weight is 568 g/mol. The fraction of sp³-hybridized carbons (Fsp3) is 0.419. The number of carbonyl (C=O) groups excluding carboxylic acids is 1. The lowest BCUT2D eigenvalue weighted by Crippen LogP contribution is -2.55. The van der Waals surface area contributed by atoms with E-state index in [1.807, 2.05) is 48.9 Å². The number of hydrogen-bond acceptors (Lipinski definition) is 10. The van der Waals surface area contributed by atoms with E-state index >= 15 is 0 Å². The van der Waals surface area contributed by atoms with E-state index in [0.29, 0.717) is 35.2 Å². The van der Waals surface area contributed by atoms with E-state index in [4.69, 9.17) is 4.52 Å². The van der Waals surface area contributed by atoms with E-state index in [1.165, 1.54) is 12.8 Å². The van der Waals surface area contributed by atoms with Crippen LogP contribution in [0.15, 0.2) is 59.5 Å². The Labute approximate surface area is 245 Å². The molecule has 2 aliphatic rings. The molecule has 2 fully saturated rings. The fourth-order valence-corrected chi connectivity index (χ4v) is 6.01. The SMILES string of the molecule is CNC(=O)c1cccc(-c2ccnc(N[C@@H]3CCCC[C@H]3N[C@H]3CCCN(c4cnc(-c5noc(C)n5)nc4)C3)c2)c1. The van der Waals surface area contributed by atoms with Crippen LogP contribution in [0.1, 0.15) is 54.8 Å². The van der Waals surface area contributed by atoms with Gasteiger partial charge in [0, 0.05) is 56.9 Å². The van der Waals surface area contributed by atoms with Gasteiger partial charge in [-0.15, -0.1) is 0 Å². The first-order valence-electron chi connectivity index (χ1n) is 14.7. The smallest absolute Gasteiger partial charge is 0.251 e. The van der Waals surface area contributed by atoms with E-state index in [2.05, 4.69) is 52.0 Å². The number of hydrogen-bond donors (Lipinski definition) is 3. The van der Waals surface area contributed by atoms with Crippen molar-refractivity contribution in [3.63, 3.8) is 0 Å². The first-order valence-corrected chi connectivity index (χ1v) is 14.7. The molecule has 3 N–H and O–H groups in total. The molecule has 4 aromatic rings. The topological polar surface area (TPSA) is 134 Å². The van der Waals surface area contributed by atoms with Crippen molar-refractivity contribution in [2.24, 2.45) is 0 Å². The van der Waals surface area contributed by atoms with Crippen LogP contribution in [-0.2, 0) is 0 Å². The number of anilines is 2. The van der Waals surface area contributed by atoms with Gasteiger partial charge in [0.1, 0.15) is 5.82 Å². The summed E-state index contributed by atoms with van der Waals surface area (Å²) in [6.45, 7) is 3.64. The number of nitrogens with zero attached hydrogens (tertiary/aromatic N) is 6. The first kappa shape index (κ1) is 27.8. The Hall–Kier alpha value is -4.38. The summed E-state index contributed by atoms with van der Waals surface area (Å²) in [7, 11) is 1.65. The standard InChI is InChI=1S/C31H37N9O2/c1-20-36-30(39-42-20)29-34-17-25(18-35-29)40-14-6-9-24(19-40)37-26-10-3-4-11-27(26)38-28-16-22(12-13-33-28)21-7-5-8-23(15-21)31(41)32-2/h5,7-8,12-13,15-18,24,26-27,37H,3-4,6,9-11,14,19H2,1-2H3,(H,32,41)(H,33,38)/t24-,26+,27+/m0/s1. The number of aryl methyl sites for hydroxylation is 1. The zero-order valence-corrected chi connectivity index (χ0v) is 24.1. The molecule has 4 heterocycles. The van der Waals surface area contributed by atoms with Crippen molar-refractivity contribution >= 4 is 17.4 Å². The second kappa shape index (κ2) is 12.6. The van der Waals surface area contributed by atoms with E-state index in [9.17, 15) is 4.79 Å². The molecule has 11 nitrogen and oxygen atoms in total. The van der Waals surface area contributed by atoms with Crippen LogP contribution in [0.2, 0.25) is 0 Å². The van der Waals surface area contributed by atoms with Gasteiger partial charge >= 0.3 is 0 Å². The van der Waals surface area contributed by atoms with Crippen molar-refractivity contribution in [3.8, 4) is 22.8 Å². The predicted molar refractivity (Wildman–Crippen MR) is 161 cm³/mol. The molecule has 1 aliphatic heterocycles. The van der Waals surface area contributed by atoms with E-state index in [0.717, 1.165) is 61.4 Å². The minimum absolute atomic E-state index is 0.0925. The summed E-state index contributed by atoms with van der Waals surface area (Å²) < 4.78 is 5.06. The molecule has 3 aromatic heterocycles. The highest BCUT2D eigenvalue weighted by Gasteiger charge is 2.30. The van der Waals surface area contributed by atoms with Gasteiger partial charge in [0.15, 0.2) is 0 Å². The summed E-state index contributed by atoms with van der Waals surface area (Å²) in [5, 5.41) is 14.3. The van der Waals surface area contributed by atoms with Crippen LogP contribution in [0.3, 0.4) is 0 Å². The second-order valence-electron chi connectivity index (χ2n) is 11.1. The Kier molecular flexibility index (Phi) is 8.36. The van der Waals surface area contributed by atoms with Crippen molar-refractivity contribution in [3.05, 3.63) is 66.4 Å². The van der Waals surface area contributed by atoms with Crippen LogP contribution in [-0.4, -0.2) is 69.3 Å². The maximum atomic E-state index is 12.1. The molecule has 3 atom stereocenters. The molecule has 1 saturated heterocycles. The lowest BCUT2D eigenvalue weighted by molar-refractivity contribution is 0.0963. The Balaban J connectivity index is 1.10. The minimum Gasteiger partial charge on any atom is -0.367 e. The zero-order chi connectivity index (χ0) is 28.9. The summed E-state index contributed by atoms with van der Waals surface area (Å²) >= 11 is 0. The van der Waals surface area contributed by atoms with Crippen molar-refractivity contribution in [2.75, 3.05) is 30.4 Å². The van der Waals surface area contributed by atoms with Crippen LogP contribution in [0.25, 0.3) is 22.8 Å². The number of pyridine rings is 1. The van der Waals surface area contributed by atoms with E-state index in [1.54, 1.807) is 14.0 Å². The molecular formula is C31H37N9O2. The minimum atomic E-state index is -0.0925. The third-order valence-electron chi connectivity index (χ3n) is 8.15. The largest absolute Gasteiger partial charge is 0.367 e. The number of carbonyl (C=O) groups is 1. The Morgan fingerprint density at radius 3 is 2.55 bits per heavy atom. The normalized spacial score (nSPS) is 20.7. The van der Waals surface area contributed by atoms with Crippen molar-refractivity contribution in [1.29, 1.82) is 0 Å². The van der Waals surface area contributed by atoms with Gasteiger partial charge in [-0.2, -0.15) is 4.98 Å². The third kappa shape index (κ3) is 6.41. The number of piperidine rings is 1. The highest BCUT2D eigenvalue weighted by Crippen LogP contribution is 2.27. The third-order valence-corrected chi connectivity index (χ3v) is 8.15. The maximum Gasteiger partial charge on any atom is 0.251 e. The highest BCUT2D eigenvalue weighted by atomic mass is 16.5. The van der Waals surface area contributed by atoms with Crippen LogP contribution in [0, 0.1) is 6.92 Å². The molecule has 6 rings (SSSR count). The molecule has 218 valence electrons. The molecule has 1 aromatic carbocycles. The van der Waals surface area contributed by atoms with E-state index in [-0.39, 0.29) is 11.9 Å². The van der Waals surface area contributed by atoms with Gasteiger partial charge in [-0.05, 0) is 61.1 Å². The summed E-state index contributed by atoms with van der Waals surface area (Å²) in [6, 6.07) is 12.8. The summed E-state index contributed by atoms with van der Waals surface area (Å²) in [4.78, 5) is 32.3. The number of amides is 1. The maximum absolute atomic E-state index is 12.1. The van der Waals surface area contributed by atoms with Crippen LogP contribution in [0.4, 0.5) is 11.5 Å². The molecule has 1 saturated carbocycles. The number of rotatable bonds is 8. The average Bonchev–Trinajstić information content (AvgIpc) is 3.48. The Bertz CT molecular complexity index is 1510. The molecule has 0 unspecified atom stereocenters. The Morgan fingerprint density at radius 1 is 0.952 bits per heavy atom. The number of aromatic nitrogens is 5. The quantitative estimate of drug-likeness (QED) is 0.284. The van der Waals surface area contributed by atoms with Crippen LogP contribution in [0.5, 0.6) is 0 Å². The van der Waals surface area contributed by atoms with Gasteiger partial charge < -0.3 is 25.4 Å². The highest BCUT2D eigenvalue weighted by molar-refractivity contribution is 5.95. The van der Waals surface area contributed by atoms with Gasteiger partial charge in [-0.1, -0.05) is 30.1 Å². The van der Waals surface area contributed by atoms with E-state index < -0.39 is 0 Å². The van der Waals surface area contributed by atoms with Gasteiger partial charge in [0.2, 0.25) is 17.5 Å². The van der Waals surface area contributed by atoms with Gasteiger partial charge in [0.05, 0.1) is 18.1 Å². The monoisotopic (exact) mass is 567 g/mol. The first-order chi connectivity index (χ1) is 20.6. The zero-order valence-electron chi connectivity index (χ0n) is 24.1. The van der Waals surface area contributed by atoms with Crippen molar-refractivity contribution in [2.45, 2.75) is 63.6 Å². The lowest BCUT2D eigenvalue weighted by atomic mass is 9.89. The summed E-state index contributed by atoms with van der Waals surface area (Å²) in [5.41, 5.74) is 3.67. The molecule has 42 heavy (non-hydrogen) atoms. The predicted octanol–water partition coefficient (Wildman–Crippen LogP) is 4.24.